The standard InChI is InChI=1S/C12H14ClF/c13-11-3-1-2-10(8-11)9-4-6-12(14)7-5-9/h4-7,10-11H,1-3,8H2. The summed E-state index contributed by atoms with van der Waals surface area (Å²) in [6.07, 6.45) is 4.54. The van der Waals surface area contributed by atoms with Crippen molar-refractivity contribution in [3.05, 3.63) is 35.6 Å². The smallest absolute Gasteiger partial charge is 0.123 e. The normalized spacial score (nSPS) is 27.6. The van der Waals surface area contributed by atoms with Crippen molar-refractivity contribution in [1.29, 1.82) is 0 Å². The van der Waals surface area contributed by atoms with E-state index in [4.69, 9.17) is 11.6 Å². The van der Waals surface area contributed by atoms with E-state index < -0.39 is 0 Å². The molecule has 1 fully saturated rings. The molecule has 1 aliphatic rings. The maximum atomic E-state index is 12.7. The minimum absolute atomic E-state index is 0.160. The van der Waals surface area contributed by atoms with Crippen LogP contribution in [-0.2, 0) is 0 Å². The molecule has 2 heteroatoms. The summed E-state index contributed by atoms with van der Waals surface area (Å²) >= 11 is 6.12. The zero-order valence-electron chi connectivity index (χ0n) is 8.05. The Labute approximate surface area is 89.1 Å². The second kappa shape index (κ2) is 4.31. The Hall–Kier alpha value is -0.560. The van der Waals surface area contributed by atoms with Gasteiger partial charge in [-0.05, 0) is 42.9 Å². The molecule has 0 heterocycles. The number of alkyl halides is 1. The Morgan fingerprint density at radius 1 is 1.14 bits per heavy atom. The van der Waals surface area contributed by atoms with Gasteiger partial charge >= 0.3 is 0 Å². The van der Waals surface area contributed by atoms with Gasteiger partial charge in [-0.1, -0.05) is 18.6 Å². The minimum atomic E-state index is -0.160. The molecule has 1 saturated carbocycles. The third kappa shape index (κ3) is 2.27. The van der Waals surface area contributed by atoms with Gasteiger partial charge in [-0.15, -0.1) is 11.6 Å². The Bertz CT molecular complexity index is 294. The second-order valence-electron chi connectivity index (χ2n) is 4.01. The van der Waals surface area contributed by atoms with E-state index in [0.29, 0.717) is 11.3 Å². The fraction of sp³-hybridized carbons (Fsp3) is 0.500. The van der Waals surface area contributed by atoms with Crippen molar-refractivity contribution in [3.8, 4) is 0 Å². The van der Waals surface area contributed by atoms with Crippen molar-refractivity contribution in [2.24, 2.45) is 0 Å². The highest BCUT2D eigenvalue weighted by molar-refractivity contribution is 6.20. The Morgan fingerprint density at radius 2 is 1.86 bits per heavy atom. The molecule has 1 aliphatic carbocycles. The Balaban J connectivity index is 2.10. The molecule has 76 valence electrons. The number of rotatable bonds is 1. The zero-order valence-corrected chi connectivity index (χ0v) is 8.80. The molecule has 2 rings (SSSR count). The summed E-state index contributed by atoms with van der Waals surface area (Å²) in [4.78, 5) is 0. The SMILES string of the molecule is Fc1ccc(C2CCCC(Cl)C2)cc1. The molecule has 0 bridgehead atoms. The highest BCUT2D eigenvalue weighted by atomic mass is 35.5. The highest BCUT2D eigenvalue weighted by Gasteiger charge is 2.21. The number of hydrogen-bond acceptors (Lipinski definition) is 0. The molecule has 0 saturated heterocycles. The fourth-order valence-electron chi connectivity index (χ4n) is 2.17. The Kier molecular flexibility index (Phi) is 3.07. The van der Waals surface area contributed by atoms with Crippen molar-refractivity contribution < 1.29 is 4.39 Å². The summed E-state index contributed by atoms with van der Waals surface area (Å²) in [6, 6.07) is 6.84. The van der Waals surface area contributed by atoms with E-state index in [1.165, 1.54) is 30.5 Å². The van der Waals surface area contributed by atoms with Crippen molar-refractivity contribution in [1.82, 2.24) is 0 Å². The van der Waals surface area contributed by atoms with E-state index >= 15 is 0 Å². The van der Waals surface area contributed by atoms with E-state index in [2.05, 4.69) is 0 Å². The van der Waals surface area contributed by atoms with Crippen molar-refractivity contribution >= 4 is 11.6 Å². The maximum Gasteiger partial charge on any atom is 0.123 e. The number of halogens is 2. The van der Waals surface area contributed by atoms with E-state index in [-0.39, 0.29) is 5.82 Å². The lowest BCUT2D eigenvalue weighted by molar-refractivity contribution is 0.449. The van der Waals surface area contributed by atoms with Crippen LogP contribution in [0.4, 0.5) is 4.39 Å². The van der Waals surface area contributed by atoms with Crippen molar-refractivity contribution in [2.75, 3.05) is 0 Å². The average molecular weight is 213 g/mol. The molecule has 0 radical (unpaired) electrons. The largest absolute Gasteiger partial charge is 0.207 e. The summed E-state index contributed by atoms with van der Waals surface area (Å²) < 4.78 is 12.7. The predicted octanol–water partition coefficient (Wildman–Crippen LogP) is 4.09. The quantitative estimate of drug-likeness (QED) is 0.615. The molecule has 0 amide bonds. The van der Waals surface area contributed by atoms with Crippen LogP contribution >= 0.6 is 11.6 Å². The van der Waals surface area contributed by atoms with Crippen LogP contribution in [0, 0.1) is 5.82 Å². The van der Waals surface area contributed by atoms with Gasteiger partial charge in [0.05, 0.1) is 0 Å². The molecular formula is C12H14ClF. The van der Waals surface area contributed by atoms with Crippen LogP contribution in [0.3, 0.4) is 0 Å². The van der Waals surface area contributed by atoms with Crippen LogP contribution in [0.15, 0.2) is 24.3 Å². The van der Waals surface area contributed by atoms with Gasteiger partial charge < -0.3 is 0 Å². The first-order valence-electron chi connectivity index (χ1n) is 5.15. The lowest BCUT2D eigenvalue weighted by atomic mass is 9.84. The zero-order chi connectivity index (χ0) is 9.97. The van der Waals surface area contributed by atoms with Crippen LogP contribution in [-0.4, -0.2) is 5.38 Å². The summed E-state index contributed by atoms with van der Waals surface area (Å²) in [5, 5.41) is 0.304. The van der Waals surface area contributed by atoms with Gasteiger partial charge in [0, 0.05) is 5.38 Å². The first kappa shape index (κ1) is 9.97. The minimum Gasteiger partial charge on any atom is -0.207 e. The van der Waals surface area contributed by atoms with E-state index in [0.717, 1.165) is 12.8 Å². The number of benzene rings is 1. The lowest BCUT2D eigenvalue weighted by Crippen LogP contribution is -2.13. The molecule has 0 spiro atoms. The molecule has 2 unspecified atom stereocenters. The van der Waals surface area contributed by atoms with Gasteiger partial charge in [-0.25, -0.2) is 4.39 Å². The highest BCUT2D eigenvalue weighted by Crippen LogP contribution is 2.35. The van der Waals surface area contributed by atoms with Gasteiger partial charge in [0.15, 0.2) is 0 Å². The summed E-state index contributed by atoms with van der Waals surface area (Å²) in [5.41, 5.74) is 1.23. The molecule has 0 nitrogen and oxygen atoms in total. The molecule has 2 atom stereocenters. The third-order valence-electron chi connectivity index (χ3n) is 2.95. The maximum absolute atomic E-state index is 12.7. The fourth-order valence-corrected chi connectivity index (χ4v) is 2.54. The van der Waals surface area contributed by atoms with Gasteiger partial charge in [-0.2, -0.15) is 0 Å². The van der Waals surface area contributed by atoms with E-state index in [9.17, 15) is 4.39 Å². The first-order valence-corrected chi connectivity index (χ1v) is 5.59. The van der Waals surface area contributed by atoms with Crippen LogP contribution in [0.25, 0.3) is 0 Å². The monoisotopic (exact) mass is 212 g/mol. The number of hydrogen-bond donors (Lipinski definition) is 0. The molecule has 1 aromatic carbocycles. The molecule has 0 aromatic heterocycles. The molecule has 0 N–H and O–H groups in total. The molecule has 0 aliphatic heterocycles. The average Bonchev–Trinajstić information content (AvgIpc) is 2.19. The van der Waals surface area contributed by atoms with Crippen LogP contribution in [0.1, 0.15) is 37.2 Å². The first-order chi connectivity index (χ1) is 6.75. The molecule has 1 aromatic rings. The third-order valence-corrected chi connectivity index (χ3v) is 3.35. The van der Waals surface area contributed by atoms with E-state index in [1.807, 2.05) is 12.1 Å². The van der Waals surface area contributed by atoms with Crippen LogP contribution in [0.2, 0.25) is 0 Å². The summed E-state index contributed by atoms with van der Waals surface area (Å²) in [5.74, 6) is 0.374. The predicted molar refractivity (Wildman–Crippen MR) is 57.3 cm³/mol. The van der Waals surface area contributed by atoms with Crippen LogP contribution in [0.5, 0.6) is 0 Å². The van der Waals surface area contributed by atoms with Gasteiger partial charge in [0.2, 0.25) is 0 Å². The van der Waals surface area contributed by atoms with Gasteiger partial charge in [0.1, 0.15) is 5.82 Å². The topological polar surface area (TPSA) is 0 Å². The molecule has 14 heavy (non-hydrogen) atoms. The van der Waals surface area contributed by atoms with Crippen molar-refractivity contribution in [3.63, 3.8) is 0 Å². The summed E-state index contributed by atoms with van der Waals surface area (Å²) in [6.45, 7) is 0. The second-order valence-corrected chi connectivity index (χ2v) is 4.63. The summed E-state index contributed by atoms with van der Waals surface area (Å²) in [7, 11) is 0. The van der Waals surface area contributed by atoms with Crippen LogP contribution < -0.4 is 0 Å². The molecular weight excluding hydrogens is 199 g/mol. The van der Waals surface area contributed by atoms with Crippen molar-refractivity contribution in [2.45, 2.75) is 37.0 Å². The Morgan fingerprint density at radius 3 is 2.50 bits per heavy atom. The van der Waals surface area contributed by atoms with Gasteiger partial charge in [-0.3, -0.25) is 0 Å². The van der Waals surface area contributed by atoms with Gasteiger partial charge in [0.25, 0.3) is 0 Å². The van der Waals surface area contributed by atoms with E-state index in [1.54, 1.807) is 0 Å². The lowest BCUT2D eigenvalue weighted by Gasteiger charge is -2.25.